The van der Waals surface area contributed by atoms with Crippen LogP contribution in [0.5, 0.6) is 0 Å². The van der Waals surface area contributed by atoms with Gasteiger partial charge in [-0.05, 0) is 0 Å². The molecule has 0 saturated heterocycles. The summed E-state index contributed by atoms with van der Waals surface area (Å²) in [5.74, 6) is 1.52. The molecule has 0 fully saturated rings. The zero-order valence-corrected chi connectivity index (χ0v) is 12.2. The van der Waals surface area contributed by atoms with Gasteiger partial charge in [-0.1, -0.05) is 25.9 Å². The van der Waals surface area contributed by atoms with E-state index in [-0.39, 0.29) is 11.8 Å². The monoisotopic (exact) mass is 277 g/mol. The summed E-state index contributed by atoms with van der Waals surface area (Å²) in [7, 11) is 1.71. The molecule has 0 N–H and O–H groups in total. The van der Waals surface area contributed by atoms with E-state index in [2.05, 4.69) is 10.1 Å². The van der Waals surface area contributed by atoms with Gasteiger partial charge in [0.1, 0.15) is 17.2 Å². The fourth-order valence-electron chi connectivity index (χ4n) is 1.87. The van der Waals surface area contributed by atoms with Gasteiger partial charge in [-0.25, -0.2) is 4.98 Å². The summed E-state index contributed by atoms with van der Waals surface area (Å²) in [5.41, 5.74) is 1.09. The van der Waals surface area contributed by atoms with Crippen LogP contribution in [0.3, 0.4) is 0 Å². The molecule has 0 unspecified atom stereocenters. The molecule has 0 aliphatic heterocycles. The highest BCUT2D eigenvalue weighted by Gasteiger charge is 2.20. The zero-order valence-electron chi connectivity index (χ0n) is 12.2. The standard InChI is InChI=1S/C14H19N3O3/c1-5-11-13(15-8-19-11)14(18)17(4)7-10-6-12(9(2)3)20-16-10/h6,8-9H,5,7H2,1-4H3. The van der Waals surface area contributed by atoms with Crippen LogP contribution in [0.15, 0.2) is 21.4 Å². The van der Waals surface area contributed by atoms with Gasteiger partial charge < -0.3 is 13.8 Å². The Balaban J connectivity index is 2.07. The van der Waals surface area contributed by atoms with Crippen LogP contribution in [-0.2, 0) is 13.0 Å². The second-order valence-corrected chi connectivity index (χ2v) is 5.01. The maximum Gasteiger partial charge on any atom is 0.276 e. The molecule has 6 heteroatoms. The second kappa shape index (κ2) is 5.90. The van der Waals surface area contributed by atoms with E-state index in [4.69, 9.17) is 8.94 Å². The van der Waals surface area contributed by atoms with E-state index in [0.29, 0.717) is 24.4 Å². The van der Waals surface area contributed by atoms with Crippen LogP contribution in [0.4, 0.5) is 0 Å². The summed E-state index contributed by atoms with van der Waals surface area (Å²) in [6, 6.07) is 1.87. The Kier molecular flexibility index (Phi) is 4.22. The van der Waals surface area contributed by atoms with E-state index in [1.165, 1.54) is 6.39 Å². The molecule has 0 aliphatic rings. The molecule has 2 aromatic rings. The minimum Gasteiger partial charge on any atom is -0.448 e. The summed E-state index contributed by atoms with van der Waals surface area (Å²) < 4.78 is 10.4. The Morgan fingerprint density at radius 1 is 1.45 bits per heavy atom. The van der Waals surface area contributed by atoms with Crippen molar-refractivity contribution in [2.24, 2.45) is 0 Å². The largest absolute Gasteiger partial charge is 0.448 e. The van der Waals surface area contributed by atoms with Crippen molar-refractivity contribution in [3.05, 3.63) is 35.4 Å². The van der Waals surface area contributed by atoms with Gasteiger partial charge in [-0.2, -0.15) is 0 Å². The van der Waals surface area contributed by atoms with Gasteiger partial charge in [0, 0.05) is 25.5 Å². The number of amides is 1. The summed E-state index contributed by atoms with van der Waals surface area (Å²) in [6.45, 7) is 6.36. The molecule has 0 aliphatic carbocycles. The number of rotatable bonds is 5. The molecule has 20 heavy (non-hydrogen) atoms. The number of hydrogen-bond acceptors (Lipinski definition) is 5. The molecule has 2 rings (SSSR count). The van der Waals surface area contributed by atoms with Crippen LogP contribution >= 0.6 is 0 Å². The molecule has 2 heterocycles. The average Bonchev–Trinajstić information content (AvgIpc) is 3.05. The van der Waals surface area contributed by atoms with E-state index >= 15 is 0 Å². The minimum atomic E-state index is -0.176. The highest BCUT2D eigenvalue weighted by Crippen LogP contribution is 2.17. The molecule has 1 amide bonds. The van der Waals surface area contributed by atoms with Crippen molar-refractivity contribution < 1.29 is 13.7 Å². The van der Waals surface area contributed by atoms with E-state index in [1.54, 1.807) is 11.9 Å². The fourth-order valence-corrected chi connectivity index (χ4v) is 1.87. The Hall–Kier alpha value is -2.11. The van der Waals surface area contributed by atoms with E-state index in [9.17, 15) is 4.79 Å². The predicted molar refractivity (Wildman–Crippen MR) is 72.3 cm³/mol. The number of aryl methyl sites for hydroxylation is 1. The first kappa shape index (κ1) is 14.3. The SMILES string of the molecule is CCc1ocnc1C(=O)N(C)Cc1cc(C(C)C)on1. The Morgan fingerprint density at radius 3 is 2.80 bits per heavy atom. The first-order chi connectivity index (χ1) is 9.52. The molecule has 0 saturated carbocycles. The average molecular weight is 277 g/mol. The Bertz CT molecular complexity index is 586. The molecule has 108 valence electrons. The lowest BCUT2D eigenvalue weighted by Crippen LogP contribution is -2.27. The van der Waals surface area contributed by atoms with Crippen LogP contribution in [-0.4, -0.2) is 28.0 Å². The van der Waals surface area contributed by atoms with E-state index in [1.807, 2.05) is 26.8 Å². The number of hydrogen-bond donors (Lipinski definition) is 0. The molecule has 0 atom stereocenters. The lowest BCUT2D eigenvalue weighted by atomic mass is 10.1. The Morgan fingerprint density at radius 2 is 2.20 bits per heavy atom. The second-order valence-electron chi connectivity index (χ2n) is 5.01. The Labute approximate surface area is 117 Å². The number of nitrogens with zero attached hydrogens (tertiary/aromatic N) is 3. The maximum atomic E-state index is 12.3. The van der Waals surface area contributed by atoms with Crippen LogP contribution in [0, 0.1) is 0 Å². The lowest BCUT2D eigenvalue weighted by Gasteiger charge is -2.14. The lowest BCUT2D eigenvalue weighted by molar-refractivity contribution is 0.0774. The number of oxazole rings is 1. The molecule has 2 aromatic heterocycles. The highest BCUT2D eigenvalue weighted by molar-refractivity contribution is 5.92. The van der Waals surface area contributed by atoms with Crippen molar-refractivity contribution in [2.45, 2.75) is 39.7 Å². The smallest absolute Gasteiger partial charge is 0.276 e. The first-order valence-electron chi connectivity index (χ1n) is 6.66. The summed E-state index contributed by atoms with van der Waals surface area (Å²) >= 11 is 0. The molecule has 0 spiro atoms. The van der Waals surface area contributed by atoms with Crippen LogP contribution in [0.1, 0.15) is 54.4 Å². The quantitative estimate of drug-likeness (QED) is 0.840. The van der Waals surface area contributed by atoms with Crippen molar-refractivity contribution in [3.8, 4) is 0 Å². The van der Waals surface area contributed by atoms with Crippen LogP contribution < -0.4 is 0 Å². The van der Waals surface area contributed by atoms with Crippen molar-refractivity contribution in [3.63, 3.8) is 0 Å². The topological polar surface area (TPSA) is 72.4 Å². The predicted octanol–water partition coefficient (Wildman–Crippen LogP) is 2.62. The maximum absolute atomic E-state index is 12.3. The number of carbonyl (C=O) groups is 1. The molecule has 6 nitrogen and oxygen atoms in total. The third kappa shape index (κ3) is 2.89. The molecule has 0 radical (unpaired) electrons. The van der Waals surface area contributed by atoms with Crippen molar-refractivity contribution in [1.82, 2.24) is 15.0 Å². The van der Waals surface area contributed by atoms with Gasteiger partial charge in [0.2, 0.25) is 0 Å². The third-order valence-corrected chi connectivity index (χ3v) is 3.06. The number of aromatic nitrogens is 2. The van der Waals surface area contributed by atoms with Crippen LogP contribution in [0.2, 0.25) is 0 Å². The van der Waals surface area contributed by atoms with Crippen molar-refractivity contribution >= 4 is 5.91 Å². The van der Waals surface area contributed by atoms with Crippen molar-refractivity contribution in [1.29, 1.82) is 0 Å². The molecule has 0 bridgehead atoms. The van der Waals surface area contributed by atoms with Gasteiger partial charge in [0.05, 0.1) is 6.54 Å². The zero-order chi connectivity index (χ0) is 14.7. The van der Waals surface area contributed by atoms with Gasteiger partial charge in [-0.15, -0.1) is 0 Å². The third-order valence-electron chi connectivity index (χ3n) is 3.06. The first-order valence-corrected chi connectivity index (χ1v) is 6.66. The highest BCUT2D eigenvalue weighted by atomic mass is 16.5. The summed E-state index contributed by atoms with van der Waals surface area (Å²) in [6.07, 6.45) is 1.93. The molecular formula is C14H19N3O3. The van der Waals surface area contributed by atoms with Gasteiger partial charge >= 0.3 is 0 Å². The van der Waals surface area contributed by atoms with Crippen molar-refractivity contribution in [2.75, 3.05) is 7.05 Å². The summed E-state index contributed by atoms with van der Waals surface area (Å²) in [4.78, 5) is 17.8. The summed E-state index contributed by atoms with van der Waals surface area (Å²) in [5, 5.41) is 3.97. The molecular weight excluding hydrogens is 258 g/mol. The number of carbonyl (C=O) groups excluding carboxylic acids is 1. The minimum absolute atomic E-state index is 0.176. The normalized spacial score (nSPS) is 11.1. The van der Waals surface area contributed by atoms with Gasteiger partial charge in [0.15, 0.2) is 12.1 Å². The van der Waals surface area contributed by atoms with Crippen LogP contribution in [0.25, 0.3) is 0 Å². The molecule has 0 aromatic carbocycles. The van der Waals surface area contributed by atoms with E-state index < -0.39 is 0 Å². The van der Waals surface area contributed by atoms with Gasteiger partial charge in [-0.3, -0.25) is 4.79 Å². The van der Waals surface area contributed by atoms with E-state index in [0.717, 1.165) is 11.5 Å². The fraction of sp³-hybridized carbons (Fsp3) is 0.500. The van der Waals surface area contributed by atoms with Gasteiger partial charge in [0.25, 0.3) is 5.91 Å².